The smallest absolute Gasteiger partial charge is 0.261 e. The molecular formula is C15H15NO3. The van der Waals surface area contributed by atoms with Gasteiger partial charge in [-0.15, -0.1) is 0 Å². The van der Waals surface area contributed by atoms with Gasteiger partial charge in [0.15, 0.2) is 6.29 Å². The molecule has 0 spiro atoms. The molecule has 0 aliphatic carbocycles. The Hall–Kier alpha value is -2.36. The van der Waals surface area contributed by atoms with Gasteiger partial charge in [-0.05, 0) is 31.2 Å². The quantitative estimate of drug-likeness (QED) is 0.789. The van der Waals surface area contributed by atoms with Crippen LogP contribution in [0.3, 0.4) is 0 Å². The highest BCUT2D eigenvalue weighted by atomic mass is 16.5. The van der Waals surface area contributed by atoms with Gasteiger partial charge in [-0.3, -0.25) is 9.59 Å². The largest absolute Gasteiger partial charge is 0.494 e. The van der Waals surface area contributed by atoms with Crippen LogP contribution in [0.1, 0.15) is 17.3 Å². The highest BCUT2D eigenvalue weighted by Crippen LogP contribution is 2.22. The molecule has 0 unspecified atom stereocenters. The van der Waals surface area contributed by atoms with E-state index in [9.17, 15) is 9.59 Å². The normalized spacial score (nSPS) is 10.2. The lowest BCUT2D eigenvalue weighted by atomic mass is 10.1. The third kappa shape index (κ3) is 2.57. The van der Waals surface area contributed by atoms with Crippen LogP contribution in [-0.2, 0) is 7.05 Å². The number of ether oxygens (including phenoxy) is 1. The van der Waals surface area contributed by atoms with Crippen LogP contribution in [0.5, 0.6) is 5.75 Å². The molecule has 0 atom stereocenters. The Morgan fingerprint density at radius 3 is 2.74 bits per heavy atom. The molecule has 0 amide bonds. The molecule has 0 saturated carbocycles. The second kappa shape index (κ2) is 5.52. The van der Waals surface area contributed by atoms with E-state index in [0.717, 1.165) is 17.0 Å². The van der Waals surface area contributed by atoms with Crippen LogP contribution in [-0.4, -0.2) is 17.5 Å². The number of aldehydes is 1. The van der Waals surface area contributed by atoms with Crippen LogP contribution in [0.2, 0.25) is 0 Å². The van der Waals surface area contributed by atoms with E-state index in [-0.39, 0.29) is 11.1 Å². The molecule has 1 aromatic carbocycles. The van der Waals surface area contributed by atoms with Gasteiger partial charge in [0.2, 0.25) is 0 Å². The summed E-state index contributed by atoms with van der Waals surface area (Å²) in [6.45, 7) is 2.51. The summed E-state index contributed by atoms with van der Waals surface area (Å²) < 4.78 is 6.91. The van der Waals surface area contributed by atoms with Crippen molar-refractivity contribution in [3.05, 3.63) is 52.3 Å². The summed E-state index contributed by atoms with van der Waals surface area (Å²) in [5.41, 5.74) is 1.49. The maximum absolute atomic E-state index is 11.9. The number of carbonyl (C=O) groups is 1. The van der Waals surface area contributed by atoms with E-state index in [4.69, 9.17) is 4.74 Å². The summed E-state index contributed by atoms with van der Waals surface area (Å²) in [5.74, 6) is 0.756. The van der Waals surface area contributed by atoms with Crippen molar-refractivity contribution in [3.63, 3.8) is 0 Å². The van der Waals surface area contributed by atoms with Crippen LogP contribution in [0.4, 0.5) is 0 Å². The predicted molar refractivity (Wildman–Crippen MR) is 73.7 cm³/mol. The van der Waals surface area contributed by atoms with Crippen molar-refractivity contribution in [2.24, 2.45) is 7.05 Å². The molecule has 1 heterocycles. The van der Waals surface area contributed by atoms with E-state index in [0.29, 0.717) is 12.9 Å². The van der Waals surface area contributed by atoms with Crippen LogP contribution in [0.15, 0.2) is 41.2 Å². The fourth-order valence-electron chi connectivity index (χ4n) is 1.95. The van der Waals surface area contributed by atoms with E-state index in [1.54, 1.807) is 13.1 Å². The summed E-state index contributed by atoms with van der Waals surface area (Å²) in [4.78, 5) is 22.6. The number of aromatic nitrogens is 1. The molecule has 2 rings (SSSR count). The van der Waals surface area contributed by atoms with Gasteiger partial charge >= 0.3 is 0 Å². The van der Waals surface area contributed by atoms with Crippen molar-refractivity contribution in [2.75, 3.05) is 6.61 Å². The molecule has 4 heteroatoms. The molecule has 0 aliphatic rings. The van der Waals surface area contributed by atoms with E-state index < -0.39 is 0 Å². The summed E-state index contributed by atoms with van der Waals surface area (Å²) in [7, 11) is 1.65. The number of hydrogen-bond acceptors (Lipinski definition) is 3. The van der Waals surface area contributed by atoms with Crippen LogP contribution < -0.4 is 10.3 Å². The van der Waals surface area contributed by atoms with Gasteiger partial charge in [-0.2, -0.15) is 0 Å². The average Bonchev–Trinajstić information content (AvgIpc) is 2.42. The van der Waals surface area contributed by atoms with Crippen LogP contribution >= 0.6 is 0 Å². The monoisotopic (exact) mass is 257 g/mol. The first kappa shape index (κ1) is 13.1. The minimum absolute atomic E-state index is 0.159. The molecule has 0 saturated heterocycles. The van der Waals surface area contributed by atoms with Crippen molar-refractivity contribution >= 4 is 6.29 Å². The Morgan fingerprint density at radius 2 is 2.05 bits per heavy atom. The fourth-order valence-corrected chi connectivity index (χ4v) is 1.95. The minimum atomic E-state index is -0.297. The maximum atomic E-state index is 11.9. The minimum Gasteiger partial charge on any atom is -0.494 e. The lowest BCUT2D eigenvalue weighted by Gasteiger charge is -2.10. The fraction of sp³-hybridized carbons (Fsp3) is 0.200. The van der Waals surface area contributed by atoms with E-state index in [1.165, 1.54) is 10.6 Å². The molecule has 98 valence electrons. The number of rotatable bonds is 4. The van der Waals surface area contributed by atoms with Crippen molar-refractivity contribution < 1.29 is 9.53 Å². The molecule has 0 bridgehead atoms. The molecule has 2 aromatic rings. The van der Waals surface area contributed by atoms with Crippen molar-refractivity contribution in [1.29, 1.82) is 0 Å². The second-order valence-electron chi connectivity index (χ2n) is 4.12. The second-order valence-corrected chi connectivity index (χ2v) is 4.12. The van der Waals surface area contributed by atoms with E-state index in [1.807, 2.05) is 31.2 Å². The van der Waals surface area contributed by atoms with Crippen LogP contribution in [0.25, 0.3) is 11.3 Å². The van der Waals surface area contributed by atoms with Gasteiger partial charge in [0.25, 0.3) is 5.56 Å². The SMILES string of the molecule is CCOc1cccc(-c2ccc(C=O)c(=O)n2C)c1. The molecule has 0 radical (unpaired) electrons. The zero-order valence-corrected chi connectivity index (χ0v) is 10.9. The predicted octanol–water partition coefficient (Wildman–Crippen LogP) is 2.26. The van der Waals surface area contributed by atoms with Gasteiger partial charge in [0.1, 0.15) is 5.75 Å². The summed E-state index contributed by atoms with van der Waals surface area (Å²) in [6.07, 6.45) is 0.572. The number of benzene rings is 1. The number of pyridine rings is 1. The molecule has 0 aliphatic heterocycles. The average molecular weight is 257 g/mol. The highest BCUT2D eigenvalue weighted by Gasteiger charge is 2.07. The van der Waals surface area contributed by atoms with Gasteiger partial charge in [-0.25, -0.2) is 0 Å². The summed E-state index contributed by atoms with van der Waals surface area (Å²) in [6, 6.07) is 10.8. The third-order valence-corrected chi connectivity index (χ3v) is 2.90. The molecule has 0 N–H and O–H groups in total. The van der Waals surface area contributed by atoms with Gasteiger partial charge < -0.3 is 9.30 Å². The van der Waals surface area contributed by atoms with E-state index >= 15 is 0 Å². The standard InChI is InChI=1S/C15H15NO3/c1-3-19-13-6-4-5-11(9-13)14-8-7-12(10-17)15(18)16(14)2/h4-10H,3H2,1-2H3. The summed E-state index contributed by atoms with van der Waals surface area (Å²) >= 11 is 0. The zero-order valence-electron chi connectivity index (χ0n) is 10.9. The lowest BCUT2D eigenvalue weighted by molar-refractivity contribution is 0.112. The molecule has 4 nitrogen and oxygen atoms in total. The Morgan fingerprint density at radius 1 is 1.26 bits per heavy atom. The Labute approximate surface area is 111 Å². The zero-order chi connectivity index (χ0) is 13.8. The van der Waals surface area contributed by atoms with E-state index in [2.05, 4.69) is 0 Å². The molecule has 19 heavy (non-hydrogen) atoms. The van der Waals surface area contributed by atoms with Gasteiger partial charge in [-0.1, -0.05) is 12.1 Å². The first-order valence-electron chi connectivity index (χ1n) is 6.05. The van der Waals surface area contributed by atoms with Crippen LogP contribution in [0, 0.1) is 0 Å². The maximum Gasteiger partial charge on any atom is 0.261 e. The van der Waals surface area contributed by atoms with Crippen molar-refractivity contribution in [3.8, 4) is 17.0 Å². The number of hydrogen-bond donors (Lipinski definition) is 0. The lowest BCUT2D eigenvalue weighted by Crippen LogP contribution is -2.21. The Balaban J connectivity index is 2.53. The third-order valence-electron chi connectivity index (χ3n) is 2.90. The van der Waals surface area contributed by atoms with Gasteiger partial charge in [0, 0.05) is 12.6 Å². The Bertz CT molecular complexity index is 659. The van der Waals surface area contributed by atoms with Crippen molar-refractivity contribution in [2.45, 2.75) is 6.92 Å². The summed E-state index contributed by atoms with van der Waals surface area (Å²) in [5, 5.41) is 0. The number of nitrogens with zero attached hydrogens (tertiary/aromatic N) is 1. The topological polar surface area (TPSA) is 48.3 Å². The molecule has 0 fully saturated rings. The number of carbonyl (C=O) groups excluding carboxylic acids is 1. The van der Waals surface area contributed by atoms with Crippen molar-refractivity contribution in [1.82, 2.24) is 4.57 Å². The molecular weight excluding hydrogens is 242 g/mol. The van der Waals surface area contributed by atoms with Gasteiger partial charge in [0.05, 0.1) is 17.9 Å². The first-order valence-corrected chi connectivity index (χ1v) is 6.05. The Kier molecular flexibility index (Phi) is 3.80. The highest BCUT2D eigenvalue weighted by molar-refractivity contribution is 5.75. The first-order chi connectivity index (χ1) is 9.17. The molecule has 1 aromatic heterocycles.